The molecule has 81 valence electrons. The van der Waals surface area contributed by atoms with Gasteiger partial charge in [0.15, 0.2) is 0 Å². The Morgan fingerprint density at radius 1 is 0.875 bits per heavy atom. The molecular formula is C14H14VW. The molecular weight excluding hydrogens is 403 g/mol. The van der Waals surface area contributed by atoms with E-state index in [0.717, 1.165) is 0 Å². The minimum absolute atomic E-state index is 1.22. The molecule has 2 rings (SSSR count). The van der Waals surface area contributed by atoms with Crippen LogP contribution in [0.2, 0.25) is 0 Å². The quantitative estimate of drug-likeness (QED) is 0.610. The molecule has 2 heteroatoms. The first-order valence-corrected chi connectivity index (χ1v) is 7.45. The Labute approximate surface area is 117 Å². The van der Waals surface area contributed by atoms with Crippen molar-refractivity contribution in [3.05, 3.63) is 45.5 Å². The van der Waals surface area contributed by atoms with E-state index in [1.165, 1.54) is 66.4 Å². The predicted molar refractivity (Wildman–Crippen MR) is 62.7 cm³/mol. The monoisotopic (exact) mass is 417 g/mol. The molecule has 0 radical (unpaired) electrons. The van der Waals surface area contributed by atoms with Gasteiger partial charge in [0.1, 0.15) is 0 Å². The molecule has 1 aromatic carbocycles. The molecule has 0 spiro atoms. The van der Waals surface area contributed by atoms with Crippen molar-refractivity contribution >= 4 is 8.12 Å². The minimum atomic E-state index is 1.22. The summed E-state index contributed by atoms with van der Waals surface area (Å²) in [5.74, 6) is 0. The number of benzene rings is 1. The van der Waals surface area contributed by atoms with E-state index in [4.69, 9.17) is 0 Å². The fourth-order valence-corrected chi connectivity index (χ4v) is 4.67. The van der Waals surface area contributed by atoms with Crippen LogP contribution >= 0.6 is 0 Å². The average Bonchev–Trinajstić information content (AvgIpc) is 2.48. The molecule has 0 saturated heterocycles. The summed E-state index contributed by atoms with van der Waals surface area (Å²) in [4.78, 5) is 0. The van der Waals surface area contributed by atoms with Gasteiger partial charge in [0, 0.05) is 0 Å². The summed E-state index contributed by atoms with van der Waals surface area (Å²) in [7, 11) is 0. The van der Waals surface area contributed by atoms with Gasteiger partial charge in [0.25, 0.3) is 0 Å². The van der Waals surface area contributed by atoms with E-state index in [-0.39, 0.29) is 0 Å². The maximum atomic E-state index is 4.20. The van der Waals surface area contributed by atoms with Gasteiger partial charge in [-0.15, -0.1) is 0 Å². The number of allylic oxidation sites excluding steroid dienone is 1. The van der Waals surface area contributed by atoms with Crippen LogP contribution in [0.25, 0.3) is 0 Å². The zero-order chi connectivity index (χ0) is 12.2. The van der Waals surface area contributed by atoms with Gasteiger partial charge in [-0.05, 0) is 0 Å². The number of rotatable bonds is 0. The van der Waals surface area contributed by atoms with E-state index >= 15 is 0 Å². The van der Waals surface area contributed by atoms with Gasteiger partial charge in [-0.25, -0.2) is 0 Å². The van der Waals surface area contributed by atoms with Crippen LogP contribution in [-0.2, 0) is 36.3 Å². The predicted octanol–water partition coefficient (Wildman–Crippen LogP) is 2.62. The Kier molecular flexibility index (Phi) is 3.12. The third-order valence-electron chi connectivity index (χ3n) is 3.71. The fraction of sp³-hybridized carbons (Fsp3) is 0.286. The molecule has 0 atom stereocenters. The first-order valence-electron chi connectivity index (χ1n) is 5.28. The van der Waals surface area contributed by atoms with Gasteiger partial charge in [0.05, 0.1) is 0 Å². The normalized spacial score (nSPS) is 14.6. The molecule has 0 N–H and O–H groups in total. The van der Waals surface area contributed by atoms with Gasteiger partial charge in [-0.3, -0.25) is 0 Å². The Hall–Kier alpha value is -0.0273. The van der Waals surface area contributed by atoms with Gasteiger partial charge in [0.2, 0.25) is 0 Å². The van der Waals surface area contributed by atoms with Crippen molar-refractivity contribution in [2.75, 3.05) is 0 Å². The van der Waals surface area contributed by atoms with E-state index in [1.54, 1.807) is 0 Å². The summed E-state index contributed by atoms with van der Waals surface area (Å²) in [5, 5.41) is 0. The first kappa shape index (κ1) is 12.4. The van der Waals surface area contributed by atoms with E-state index in [0.29, 0.717) is 0 Å². The summed E-state index contributed by atoms with van der Waals surface area (Å²) in [6, 6.07) is 0. The van der Waals surface area contributed by atoms with Gasteiger partial charge in [-0.2, -0.15) is 0 Å². The standard InChI is InChI=1S/C14H14.V.W/c1-8-6-13-11(4)9(2)10(3)12(5)14(13)7-8;;/h1H2,2-5H3;;. The summed E-state index contributed by atoms with van der Waals surface area (Å²) >= 11 is 4.22. The second-order valence-corrected chi connectivity index (χ2v) is 6.57. The van der Waals surface area contributed by atoms with Crippen LogP contribution in [0, 0.1) is 27.7 Å². The van der Waals surface area contributed by atoms with Crippen molar-refractivity contribution in [3.8, 4) is 0 Å². The van der Waals surface area contributed by atoms with Gasteiger partial charge in [-0.1, -0.05) is 0 Å². The van der Waals surface area contributed by atoms with Crippen LogP contribution in [0.5, 0.6) is 0 Å². The van der Waals surface area contributed by atoms with E-state index in [9.17, 15) is 0 Å². The van der Waals surface area contributed by atoms with Crippen molar-refractivity contribution in [2.24, 2.45) is 0 Å². The molecule has 0 unspecified atom stereocenters. The molecule has 0 nitrogen and oxygen atoms in total. The Morgan fingerprint density at radius 3 is 1.81 bits per heavy atom. The zero-order valence-corrected chi connectivity index (χ0v) is 14.4. The second kappa shape index (κ2) is 4.02. The molecule has 0 heterocycles. The summed E-state index contributed by atoms with van der Waals surface area (Å²) in [5.41, 5.74) is 9.83. The summed E-state index contributed by atoms with van der Waals surface area (Å²) < 4.78 is 2.74. The average molecular weight is 417 g/mol. The SMILES string of the molecule is C=C1[C](=[V])c2c(C)c(C)c(C)c(C)c2[C]1=[W]. The molecule has 1 aliphatic carbocycles. The first-order chi connectivity index (χ1) is 7.37. The Balaban J connectivity index is 2.97. The number of hydrogen-bond donors (Lipinski definition) is 0. The van der Waals surface area contributed by atoms with Gasteiger partial charge < -0.3 is 0 Å². The van der Waals surface area contributed by atoms with Crippen LogP contribution in [0.4, 0.5) is 0 Å². The molecule has 0 aliphatic heterocycles. The van der Waals surface area contributed by atoms with Crippen molar-refractivity contribution < 1.29 is 36.3 Å². The second-order valence-electron chi connectivity index (χ2n) is 4.41. The van der Waals surface area contributed by atoms with Crippen LogP contribution in [-0.4, -0.2) is 8.12 Å². The molecule has 1 aliphatic rings. The van der Waals surface area contributed by atoms with Crippen LogP contribution < -0.4 is 0 Å². The molecule has 0 aromatic heterocycles. The van der Waals surface area contributed by atoms with E-state index in [2.05, 4.69) is 51.3 Å². The topological polar surface area (TPSA) is 0 Å². The third kappa shape index (κ3) is 1.47. The molecule has 0 bridgehead atoms. The molecule has 0 fully saturated rings. The fourth-order valence-electron chi connectivity index (χ4n) is 2.30. The van der Waals surface area contributed by atoms with Crippen molar-refractivity contribution in [3.63, 3.8) is 0 Å². The van der Waals surface area contributed by atoms with Crippen LogP contribution in [0.3, 0.4) is 0 Å². The third-order valence-corrected chi connectivity index (χ3v) is 6.10. The van der Waals surface area contributed by atoms with E-state index in [1.807, 2.05) is 0 Å². The van der Waals surface area contributed by atoms with Crippen molar-refractivity contribution in [2.45, 2.75) is 27.7 Å². The van der Waals surface area contributed by atoms with Gasteiger partial charge >= 0.3 is 118 Å². The van der Waals surface area contributed by atoms with Crippen LogP contribution in [0.1, 0.15) is 33.4 Å². The maximum absolute atomic E-state index is 4.20. The van der Waals surface area contributed by atoms with Crippen molar-refractivity contribution in [1.82, 2.24) is 0 Å². The number of fused-ring (bicyclic) bond motifs is 1. The molecule has 16 heavy (non-hydrogen) atoms. The van der Waals surface area contributed by atoms with E-state index < -0.39 is 0 Å². The Bertz CT molecular complexity index is 516. The number of hydrogen-bond acceptors (Lipinski definition) is 0. The van der Waals surface area contributed by atoms with Crippen molar-refractivity contribution in [1.29, 1.82) is 0 Å². The molecule has 1 aromatic rings. The Morgan fingerprint density at radius 2 is 1.31 bits per heavy atom. The molecule has 0 saturated carbocycles. The summed E-state index contributed by atoms with van der Waals surface area (Å²) in [6.45, 7) is 13.1. The zero-order valence-electron chi connectivity index (χ0n) is 10.1. The summed E-state index contributed by atoms with van der Waals surface area (Å²) in [6.07, 6.45) is 0. The van der Waals surface area contributed by atoms with Crippen LogP contribution in [0.15, 0.2) is 12.2 Å². The molecule has 0 amide bonds.